The van der Waals surface area contributed by atoms with E-state index in [1.54, 1.807) is 0 Å². The second kappa shape index (κ2) is 5.35. The number of aromatic nitrogens is 2. The van der Waals surface area contributed by atoms with E-state index in [2.05, 4.69) is 4.98 Å². The molecule has 2 aromatic heterocycles. The van der Waals surface area contributed by atoms with E-state index in [-0.39, 0.29) is 18.3 Å². The third-order valence-corrected chi connectivity index (χ3v) is 4.27. The monoisotopic (exact) mass is 294 g/mol. The summed E-state index contributed by atoms with van der Waals surface area (Å²) in [6.45, 7) is -0.103. The minimum absolute atomic E-state index is 0.103. The number of ether oxygens (including phenoxy) is 1. The number of aliphatic hydroxyl groups excluding tert-OH is 1. The van der Waals surface area contributed by atoms with Crippen LogP contribution in [0.5, 0.6) is 0 Å². The molecule has 1 saturated heterocycles. The quantitative estimate of drug-likeness (QED) is 0.882. The molecule has 0 radical (unpaired) electrons. The largest absolute Gasteiger partial charge is 0.394 e. The van der Waals surface area contributed by atoms with Crippen LogP contribution >= 0.6 is 11.3 Å². The fourth-order valence-corrected chi connectivity index (χ4v) is 3.10. The molecule has 2 N–H and O–H groups in total. The first-order valence-electron chi connectivity index (χ1n) is 6.35. The lowest BCUT2D eigenvalue weighted by Crippen LogP contribution is -2.38. The summed E-state index contributed by atoms with van der Waals surface area (Å²) >= 11 is 1.44. The first-order chi connectivity index (χ1) is 9.70. The zero-order valence-electron chi connectivity index (χ0n) is 10.6. The Morgan fingerprint density at radius 2 is 2.30 bits per heavy atom. The van der Waals surface area contributed by atoms with E-state index in [0.29, 0.717) is 18.4 Å². The van der Waals surface area contributed by atoms with Crippen LogP contribution in [0.1, 0.15) is 19.1 Å². The van der Waals surface area contributed by atoms with Crippen LogP contribution in [0.15, 0.2) is 33.3 Å². The average molecular weight is 294 g/mol. The maximum absolute atomic E-state index is 12.5. The SMILES string of the molecule is O=c1[nH]cc(-c2cccs2)c(=O)n1[C@@H]1CC[C@@H](CO)O1. The van der Waals surface area contributed by atoms with Gasteiger partial charge in [0.2, 0.25) is 0 Å². The summed E-state index contributed by atoms with van der Waals surface area (Å²) in [5.74, 6) is 0. The molecule has 6 nitrogen and oxygen atoms in total. The van der Waals surface area contributed by atoms with E-state index in [4.69, 9.17) is 9.84 Å². The molecule has 0 bridgehead atoms. The Labute approximate surface area is 118 Å². The van der Waals surface area contributed by atoms with Crippen molar-refractivity contribution in [2.24, 2.45) is 0 Å². The smallest absolute Gasteiger partial charge is 0.330 e. The summed E-state index contributed by atoms with van der Waals surface area (Å²) in [6.07, 6.45) is 1.70. The highest BCUT2D eigenvalue weighted by Crippen LogP contribution is 2.26. The van der Waals surface area contributed by atoms with Gasteiger partial charge in [-0.2, -0.15) is 0 Å². The zero-order valence-corrected chi connectivity index (χ0v) is 11.4. The number of hydrogen-bond acceptors (Lipinski definition) is 5. The molecule has 0 saturated carbocycles. The van der Waals surface area contributed by atoms with Gasteiger partial charge in [0.05, 0.1) is 18.3 Å². The molecule has 0 spiro atoms. The van der Waals surface area contributed by atoms with E-state index < -0.39 is 11.9 Å². The molecule has 2 aromatic rings. The van der Waals surface area contributed by atoms with Crippen molar-refractivity contribution in [2.45, 2.75) is 25.2 Å². The molecule has 0 amide bonds. The molecule has 3 heterocycles. The summed E-state index contributed by atoms with van der Waals surface area (Å²) in [5.41, 5.74) is -0.394. The van der Waals surface area contributed by atoms with Crippen LogP contribution in [0, 0.1) is 0 Å². The summed E-state index contributed by atoms with van der Waals surface area (Å²) < 4.78 is 6.63. The maximum atomic E-state index is 12.5. The molecule has 0 aromatic carbocycles. The number of hydrogen-bond donors (Lipinski definition) is 2. The Bertz CT molecular complexity index is 704. The van der Waals surface area contributed by atoms with Crippen molar-refractivity contribution in [3.8, 4) is 10.4 Å². The van der Waals surface area contributed by atoms with Crippen LogP contribution < -0.4 is 11.2 Å². The predicted octanol–water partition coefficient (Wildman–Crippen LogP) is 0.935. The lowest BCUT2D eigenvalue weighted by Gasteiger charge is -2.14. The predicted molar refractivity (Wildman–Crippen MR) is 74.9 cm³/mol. The van der Waals surface area contributed by atoms with Gasteiger partial charge in [-0.15, -0.1) is 11.3 Å². The molecule has 106 valence electrons. The summed E-state index contributed by atoms with van der Waals surface area (Å²) in [4.78, 5) is 27.8. The van der Waals surface area contributed by atoms with Crippen molar-refractivity contribution in [3.63, 3.8) is 0 Å². The van der Waals surface area contributed by atoms with Crippen molar-refractivity contribution in [2.75, 3.05) is 6.61 Å². The molecular formula is C13H14N2O4S. The van der Waals surface area contributed by atoms with E-state index in [0.717, 1.165) is 9.44 Å². The van der Waals surface area contributed by atoms with Crippen molar-refractivity contribution < 1.29 is 9.84 Å². The number of nitrogens with one attached hydrogen (secondary N) is 1. The van der Waals surface area contributed by atoms with Crippen molar-refractivity contribution in [3.05, 3.63) is 44.5 Å². The van der Waals surface area contributed by atoms with Crippen LogP contribution in [0.4, 0.5) is 0 Å². The number of aliphatic hydroxyl groups is 1. The van der Waals surface area contributed by atoms with Crippen LogP contribution in [-0.4, -0.2) is 27.4 Å². The number of rotatable bonds is 3. The van der Waals surface area contributed by atoms with Crippen LogP contribution in [-0.2, 0) is 4.74 Å². The van der Waals surface area contributed by atoms with Gasteiger partial charge in [-0.05, 0) is 24.3 Å². The lowest BCUT2D eigenvalue weighted by atomic mass is 10.2. The average Bonchev–Trinajstić information content (AvgIpc) is 3.09. The third-order valence-electron chi connectivity index (χ3n) is 3.37. The molecule has 1 aliphatic heterocycles. The van der Waals surface area contributed by atoms with Gasteiger partial charge in [-0.1, -0.05) is 6.07 Å². The second-order valence-corrected chi connectivity index (χ2v) is 5.58. The molecule has 1 fully saturated rings. The zero-order chi connectivity index (χ0) is 14.1. The lowest BCUT2D eigenvalue weighted by molar-refractivity contribution is -0.0259. The van der Waals surface area contributed by atoms with E-state index >= 15 is 0 Å². The molecule has 1 aliphatic rings. The number of nitrogens with zero attached hydrogens (tertiary/aromatic N) is 1. The number of H-pyrrole nitrogens is 1. The Balaban J connectivity index is 2.05. The highest BCUT2D eigenvalue weighted by Gasteiger charge is 2.28. The first-order valence-corrected chi connectivity index (χ1v) is 7.23. The van der Waals surface area contributed by atoms with Crippen LogP contribution in [0.3, 0.4) is 0 Å². The van der Waals surface area contributed by atoms with Crippen LogP contribution in [0.2, 0.25) is 0 Å². The normalized spacial score (nSPS) is 22.2. The molecular weight excluding hydrogens is 280 g/mol. The fourth-order valence-electron chi connectivity index (χ4n) is 2.37. The number of aromatic amines is 1. The summed E-state index contributed by atoms with van der Waals surface area (Å²) in [7, 11) is 0. The van der Waals surface area contributed by atoms with E-state index in [1.165, 1.54) is 17.5 Å². The molecule has 3 rings (SSSR count). The standard InChI is InChI=1S/C13H14N2O4S/c16-7-8-3-4-11(19-8)15-12(17)9(6-14-13(15)18)10-2-1-5-20-10/h1-2,5-6,8,11,16H,3-4,7H2,(H,14,18)/t8-,11-/m0/s1. The second-order valence-electron chi connectivity index (χ2n) is 4.63. The first kappa shape index (κ1) is 13.3. The van der Waals surface area contributed by atoms with Gasteiger partial charge in [0.15, 0.2) is 0 Å². The van der Waals surface area contributed by atoms with Crippen molar-refractivity contribution in [1.29, 1.82) is 0 Å². The Morgan fingerprint density at radius 1 is 1.45 bits per heavy atom. The molecule has 0 unspecified atom stereocenters. The third kappa shape index (κ3) is 2.24. The van der Waals surface area contributed by atoms with E-state index in [9.17, 15) is 9.59 Å². The van der Waals surface area contributed by atoms with Crippen molar-refractivity contribution in [1.82, 2.24) is 9.55 Å². The van der Waals surface area contributed by atoms with Gasteiger partial charge in [-0.25, -0.2) is 9.36 Å². The maximum Gasteiger partial charge on any atom is 0.330 e. The van der Waals surface area contributed by atoms with Gasteiger partial charge in [0, 0.05) is 11.1 Å². The van der Waals surface area contributed by atoms with Crippen LogP contribution in [0.25, 0.3) is 10.4 Å². The molecule has 20 heavy (non-hydrogen) atoms. The van der Waals surface area contributed by atoms with Gasteiger partial charge in [0.25, 0.3) is 5.56 Å². The topological polar surface area (TPSA) is 84.3 Å². The Morgan fingerprint density at radius 3 is 2.95 bits per heavy atom. The minimum atomic E-state index is -0.608. The fraction of sp³-hybridized carbons (Fsp3) is 0.385. The molecule has 2 atom stereocenters. The Kier molecular flexibility index (Phi) is 3.56. The van der Waals surface area contributed by atoms with Gasteiger partial charge < -0.3 is 14.8 Å². The summed E-state index contributed by atoms with van der Waals surface area (Å²) in [6, 6.07) is 3.68. The van der Waals surface area contributed by atoms with Crippen molar-refractivity contribution >= 4 is 11.3 Å². The van der Waals surface area contributed by atoms with Gasteiger partial charge >= 0.3 is 5.69 Å². The van der Waals surface area contributed by atoms with Gasteiger partial charge in [0.1, 0.15) is 6.23 Å². The van der Waals surface area contributed by atoms with E-state index in [1.807, 2.05) is 17.5 Å². The molecule has 0 aliphatic carbocycles. The highest BCUT2D eigenvalue weighted by atomic mass is 32.1. The molecule has 7 heteroatoms. The minimum Gasteiger partial charge on any atom is -0.394 e. The highest BCUT2D eigenvalue weighted by molar-refractivity contribution is 7.13. The van der Waals surface area contributed by atoms with Gasteiger partial charge in [-0.3, -0.25) is 4.79 Å². The number of thiophene rings is 1. The summed E-state index contributed by atoms with van der Waals surface area (Å²) in [5, 5.41) is 11.0. The Hall–Kier alpha value is -1.70.